The van der Waals surface area contributed by atoms with Crippen molar-refractivity contribution in [2.75, 3.05) is 49.5 Å². The zero-order valence-electron chi connectivity index (χ0n) is 36.9. The molecule has 4 aliphatic heterocycles. The standard InChI is InChI=1S/C45H57F3N10O6S/c1-27-18-33(8-9-35(27)50-42-49-22-34(45(46,47)48)40(52-42)57-15-5-14-44(2,62)26-57)65(63,64)53-31-20-32(21-31)56-16-12-28(13-17-56)19-29-23-55(24-29)25-30-6-4-7-36-39(30)54(3)43(61)58(36)37-10-11-38(59)51-41(37)60/h4,6-9,18,22,28-29,31-32,37,53,62H,5,10-17,19-21,23-26H2,1-3H3,(H,49,50,52)(H,51,59,60)/t31?,32?,37?,44-/m0/s1. The monoisotopic (exact) mass is 922 g/mol. The first kappa shape index (κ1) is 45.3. The van der Waals surface area contributed by atoms with Crippen molar-refractivity contribution in [2.45, 2.75) is 113 Å². The number of nitrogens with zero attached hydrogens (tertiary/aromatic N) is 7. The van der Waals surface area contributed by atoms with E-state index >= 15 is 0 Å². The Balaban J connectivity index is 0.727. The second kappa shape index (κ2) is 17.4. The number of rotatable bonds is 12. The van der Waals surface area contributed by atoms with Gasteiger partial charge in [0.1, 0.15) is 17.4 Å². The van der Waals surface area contributed by atoms with Gasteiger partial charge in [0.15, 0.2) is 0 Å². The summed E-state index contributed by atoms with van der Waals surface area (Å²) in [4.78, 5) is 52.3. The zero-order chi connectivity index (χ0) is 46.0. The van der Waals surface area contributed by atoms with Gasteiger partial charge in [0.05, 0.1) is 21.5 Å². The highest BCUT2D eigenvalue weighted by Crippen LogP contribution is 2.39. The van der Waals surface area contributed by atoms with Crippen LogP contribution in [0.25, 0.3) is 11.0 Å². The van der Waals surface area contributed by atoms with E-state index in [1.54, 1.807) is 31.5 Å². The van der Waals surface area contributed by atoms with Crippen LogP contribution in [0.2, 0.25) is 0 Å². The molecule has 350 valence electrons. The van der Waals surface area contributed by atoms with Crippen LogP contribution in [0.4, 0.5) is 30.6 Å². The zero-order valence-corrected chi connectivity index (χ0v) is 37.7. The third-order valence-corrected chi connectivity index (χ3v) is 15.7. The van der Waals surface area contributed by atoms with Crippen LogP contribution in [-0.2, 0) is 39.4 Å². The number of β-amino-alcohol motifs (C(OH)–C–C–N with tert-alkyl or cyclic N) is 1. The first-order valence-corrected chi connectivity index (χ1v) is 24.1. The van der Waals surface area contributed by atoms with Crippen LogP contribution in [0.15, 0.2) is 52.3 Å². The maximum atomic E-state index is 14.0. The molecule has 5 fully saturated rings. The number of fused-ring (bicyclic) bond motifs is 1. The lowest BCUT2D eigenvalue weighted by Crippen LogP contribution is -2.55. The number of aromatic nitrogens is 4. The molecule has 4 saturated heterocycles. The number of aliphatic hydroxyl groups is 1. The molecule has 1 unspecified atom stereocenters. The predicted molar refractivity (Wildman–Crippen MR) is 237 cm³/mol. The van der Waals surface area contributed by atoms with E-state index in [0.29, 0.717) is 67.0 Å². The number of nitrogens with one attached hydrogen (secondary N) is 3. The number of alkyl halides is 3. The Morgan fingerprint density at radius 3 is 2.46 bits per heavy atom. The Morgan fingerprint density at radius 1 is 1.02 bits per heavy atom. The van der Waals surface area contributed by atoms with Gasteiger partial charge in [0.2, 0.25) is 27.8 Å². The number of aryl methyl sites for hydroxylation is 2. The number of hydrogen-bond donors (Lipinski definition) is 4. The molecule has 2 aromatic heterocycles. The van der Waals surface area contributed by atoms with E-state index in [9.17, 15) is 41.1 Å². The largest absolute Gasteiger partial charge is 0.421 e. The number of carbonyl (C=O) groups excluding carboxylic acids is 2. The lowest BCUT2D eigenvalue weighted by Gasteiger charge is -2.47. The SMILES string of the molecule is Cc1cc(S(=O)(=O)NC2CC(N3CCC(CC4CN(Cc5cccc6c5n(C)c(=O)n6C5CCC(=O)NC5=O)C4)CC3)C2)ccc1Nc1ncc(C(F)(F)F)c(N2CCC[C@](C)(O)C2)n1. The van der Waals surface area contributed by atoms with Gasteiger partial charge in [0, 0.05) is 70.2 Å². The van der Waals surface area contributed by atoms with E-state index in [0.717, 1.165) is 69.1 Å². The van der Waals surface area contributed by atoms with Crippen LogP contribution in [0.1, 0.15) is 87.4 Å². The number of imidazole rings is 1. The van der Waals surface area contributed by atoms with Crippen molar-refractivity contribution in [1.82, 2.24) is 38.9 Å². The third kappa shape index (κ3) is 9.41. The fourth-order valence-corrected chi connectivity index (χ4v) is 12.1. The number of hydrogen-bond acceptors (Lipinski definition) is 12. The number of para-hydroxylation sites is 1. The molecule has 9 rings (SSSR count). The molecule has 16 nitrogen and oxygen atoms in total. The van der Waals surface area contributed by atoms with Gasteiger partial charge in [-0.3, -0.25) is 28.9 Å². The number of benzene rings is 2. The Labute approximate surface area is 375 Å². The topological polar surface area (TPSA) is 187 Å². The van der Waals surface area contributed by atoms with Gasteiger partial charge in [-0.2, -0.15) is 18.2 Å². The van der Waals surface area contributed by atoms with Crippen LogP contribution in [0, 0.1) is 18.8 Å². The van der Waals surface area contributed by atoms with Crippen LogP contribution < -0.4 is 25.9 Å². The smallest absolute Gasteiger partial charge is 0.388 e. The highest BCUT2D eigenvalue weighted by atomic mass is 32.2. The number of imide groups is 1. The predicted octanol–water partition coefficient (Wildman–Crippen LogP) is 4.57. The molecule has 4 N–H and O–H groups in total. The van der Waals surface area contributed by atoms with Gasteiger partial charge >= 0.3 is 11.9 Å². The fourth-order valence-electron chi connectivity index (χ4n) is 10.7. The molecule has 4 aromatic rings. The number of likely N-dealkylation sites (tertiary alicyclic amines) is 2. The average molecular weight is 923 g/mol. The molecule has 5 aliphatic rings. The molecule has 2 atom stereocenters. The lowest BCUT2D eigenvalue weighted by atomic mass is 9.81. The van der Waals surface area contributed by atoms with E-state index in [1.165, 1.54) is 28.0 Å². The maximum absolute atomic E-state index is 14.0. The molecule has 1 aliphatic carbocycles. The fraction of sp³-hybridized carbons (Fsp3) is 0.578. The van der Waals surface area contributed by atoms with E-state index in [2.05, 4.69) is 35.1 Å². The van der Waals surface area contributed by atoms with Crippen molar-refractivity contribution in [3.05, 3.63) is 69.8 Å². The van der Waals surface area contributed by atoms with Crippen LogP contribution in [-0.4, -0.2) is 111 Å². The molecule has 2 aromatic carbocycles. The Kier molecular flexibility index (Phi) is 12.1. The summed E-state index contributed by atoms with van der Waals surface area (Å²) >= 11 is 0. The van der Waals surface area contributed by atoms with Crippen molar-refractivity contribution in [3.8, 4) is 0 Å². The van der Waals surface area contributed by atoms with Gasteiger partial charge in [-0.25, -0.2) is 22.9 Å². The first-order chi connectivity index (χ1) is 30.8. The molecule has 0 spiro atoms. The van der Waals surface area contributed by atoms with E-state index in [1.807, 2.05) is 18.2 Å². The van der Waals surface area contributed by atoms with Crippen molar-refractivity contribution >= 4 is 50.3 Å². The first-order valence-electron chi connectivity index (χ1n) is 22.6. The number of halogens is 3. The van der Waals surface area contributed by atoms with Crippen molar-refractivity contribution < 1.29 is 36.3 Å². The summed E-state index contributed by atoms with van der Waals surface area (Å²) in [5.74, 6) is 0.0986. The average Bonchev–Trinajstić information content (AvgIpc) is 3.47. The highest BCUT2D eigenvalue weighted by molar-refractivity contribution is 7.89. The summed E-state index contributed by atoms with van der Waals surface area (Å²) < 4.78 is 74.8. The summed E-state index contributed by atoms with van der Waals surface area (Å²) in [6.07, 6.45) is 2.36. The second-order valence-corrected chi connectivity index (χ2v) is 20.9. The van der Waals surface area contributed by atoms with Crippen LogP contribution in [0.5, 0.6) is 0 Å². The van der Waals surface area contributed by atoms with Gasteiger partial charge in [0.25, 0.3) is 0 Å². The number of piperidine rings is 3. The summed E-state index contributed by atoms with van der Waals surface area (Å²) in [6, 6.07) is 9.80. The molecule has 0 bridgehead atoms. The van der Waals surface area contributed by atoms with Gasteiger partial charge < -0.3 is 20.2 Å². The summed E-state index contributed by atoms with van der Waals surface area (Å²) in [6.45, 7) is 8.26. The normalized spacial score (nSPS) is 25.4. The van der Waals surface area contributed by atoms with E-state index in [-0.39, 0.29) is 47.3 Å². The minimum absolute atomic E-state index is 0.00485. The minimum atomic E-state index is -4.69. The van der Waals surface area contributed by atoms with Crippen molar-refractivity contribution in [2.24, 2.45) is 18.9 Å². The summed E-state index contributed by atoms with van der Waals surface area (Å²) in [7, 11) is -2.10. The Morgan fingerprint density at radius 2 is 1.77 bits per heavy atom. The van der Waals surface area contributed by atoms with Gasteiger partial charge in [-0.05, 0) is 126 Å². The number of carbonyl (C=O) groups is 2. The van der Waals surface area contributed by atoms with Gasteiger partial charge in [-0.1, -0.05) is 12.1 Å². The van der Waals surface area contributed by atoms with Gasteiger partial charge in [-0.15, -0.1) is 0 Å². The molecule has 2 amide bonds. The van der Waals surface area contributed by atoms with E-state index in [4.69, 9.17) is 0 Å². The molecule has 1 saturated carbocycles. The number of sulfonamides is 1. The minimum Gasteiger partial charge on any atom is -0.388 e. The molecule has 6 heterocycles. The lowest BCUT2D eigenvalue weighted by molar-refractivity contribution is -0.138. The summed E-state index contributed by atoms with van der Waals surface area (Å²) in [5, 5.41) is 15.9. The molecule has 0 radical (unpaired) electrons. The van der Waals surface area contributed by atoms with Crippen molar-refractivity contribution in [1.29, 1.82) is 0 Å². The number of anilines is 3. The van der Waals surface area contributed by atoms with Crippen molar-refractivity contribution in [3.63, 3.8) is 0 Å². The van der Waals surface area contributed by atoms with Crippen LogP contribution in [0.3, 0.4) is 0 Å². The number of amides is 2. The summed E-state index contributed by atoms with van der Waals surface area (Å²) in [5.41, 5.74) is 1.15. The molecule has 65 heavy (non-hydrogen) atoms. The Hall–Kier alpha value is -4.89. The molecule has 20 heteroatoms. The molecular weight excluding hydrogens is 866 g/mol. The third-order valence-electron chi connectivity index (χ3n) is 14.2. The van der Waals surface area contributed by atoms with Crippen LogP contribution >= 0.6 is 0 Å². The second-order valence-electron chi connectivity index (χ2n) is 19.2. The highest BCUT2D eigenvalue weighted by Gasteiger charge is 2.41. The maximum Gasteiger partial charge on any atom is 0.421 e. The Bertz CT molecular complexity index is 2650. The molecular formula is C45H57F3N10O6S. The quantitative estimate of drug-likeness (QED) is 0.145. The van der Waals surface area contributed by atoms with E-state index < -0.39 is 39.3 Å².